The van der Waals surface area contributed by atoms with Gasteiger partial charge in [0.15, 0.2) is 0 Å². The Morgan fingerprint density at radius 2 is 1.85 bits per heavy atom. The van der Waals surface area contributed by atoms with Crippen LogP contribution in [0.3, 0.4) is 0 Å². The summed E-state index contributed by atoms with van der Waals surface area (Å²) in [5.74, 6) is 0.255. The van der Waals surface area contributed by atoms with Gasteiger partial charge in [0.2, 0.25) is 5.91 Å². The molecule has 5 rings (SSSR count). The van der Waals surface area contributed by atoms with Gasteiger partial charge in [-0.1, -0.05) is 17.7 Å². The predicted molar refractivity (Wildman–Crippen MR) is 132 cm³/mol. The molecule has 3 fully saturated rings. The quantitative estimate of drug-likeness (QED) is 0.686. The number of rotatable bonds is 5. The molecule has 2 aromatic carbocycles. The number of amides is 2. The molecule has 0 aromatic heterocycles. The largest absolute Gasteiger partial charge is 0.371 e. The number of hydrogen-bond acceptors (Lipinski definition) is 4. The molecule has 2 saturated heterocycles. The molecule has 1 saturated carbocycles. The molecule has 174 valence electrons. The first-order chi connectivity index (χ1) is 16.0. The van der Waals surface area contributed by atoms with Crippen molar-refractivity contribution < 1.29 is 9.59 Å². The highest BCUT2D eigenvalue weighted by Gasteiger charge is 2.32. The second-order valence-electron chi connectivity index (χ2n) is 9.47. The van der Waals surface area contributed by atoms with Crippen LogP contribution in [0.15, 0.2) is 36.4 Å². The zero-order valence-corrected chi connectivity index (χ0v) is 19.8. The average Bonchev–Trinajstić information content (AvgIpc) is 3.52. The maximum Gasteiger partial charge on any atom is 0.256 e. The number of aryl methyl sites for hydroxylation is 1. The fourth-order valence-electron chi connectivity index (χ4n) is 4.96. The van der Waals surface area contributed by atoms with Crippen molar-refractivity contribution in [3.63, 3.8) is 0 Å². The van der Waals surface area contributed by atoms with Crippen molar-refractivity contribution in [3.8, 4) is 0 Å². The van der Waals surface area contributed by atoms with E-state index in [2.05, 4.69) is 21.6 Å². The molecule has 0 spiro atoms. The van der Waals surface area contributed by atoms with Crippen molar-refractivity contribution in [2.45, 2.75) is 38.6 Å². The molecule has 0 bridgehead atoms. The lowest BCUT2D eigenvalue weighted by Crippen LogP contribution is -2.49. The molecule has 7 heteroatoms. The molecule has 3 aliphatic rings. The first-order valence-electron chi connectivity index (χ1n) is 12.0. The summed E-state index contributed by atoms with van der Waals surface area (Å²) in [5.41, 5.74) is 4.53. The fourth-order valence-corrected chi connectivity index (χ4v) is 5.25. The second kappa shape index (κ2) is 9.35. The van der Waals surface area contributed by atoms with Crippen molar-refractivity contribution in [2.75, 3.05) is 42.9 Å². The van der Waals surface area contributed by atoms with Gasteiger partial charge in [-0.05, 0) is 74.1 Å². The van der Waals surface area contributed by atoms with Gasteiger partial charge < -0.3 is 20.4 Å². The van der Waals surface area contributed by atoms with Gasteiger partial charge in [-0.3, -0.25) is 9.59 Å². The Morgan fingerprint density at radius 1 is 1.06 bits per heavy atom. The van der Waals surface area contributed by atoms with Crippen LogP contribution < -0.4 is 15.5 Å². The number of benzene rings is 2. The van der Waals surface area contributed by atoms with Gasteiger partial charge in [0.25, 0.3) is 5.91 Å². The first kappa shape index (κ1) is 22.2. The van der Waals surface area contributed by atoms with E-state index in [0.717, 1.165) is 67.8 Å². The second-order valence-corrected chi connectivity index (χ2v) is 9.91. The van der Waals surface area contributed by atoms with Crippen LogP contribution in [0.5, 0.6) is 0 Å². The molecule has 2 aliphatic heterocycles. The summed E-state index contributed by atoms with van der Waals surface area (Å²) in [7, 11) is 0. The molecular weight excluding hydrogens is 436 g/mol. The highest BCUT2D eigenvalue weighted by molar-refractivity contribution is 6.30. The van der Waals surface area contributed by atoms with E-state index in [9.17, 15) is 9.59 Å². The van der Waals surface area contributed by atoms with Crippen molar-refractivity contribution in [2.24, 2.45) is 5.92 Å². The van der Waals surface area contributed by atoms with Crippen molar-refractivity contribution in [1.82, 2.24) is 10.2 Å². The number of nitrogens with one attached hydrogen (secondary N) is 2. The number of anilines is 2. The van der Waals surface area contributed by atoms with Gasteiger partial charge in [0.1, 0.15) is 0 Å². The number of piperazine rings is 1. The van der Waals surface area contributed by atoms with Crippen LogP contribution in [0.2, 0.25) is 5.02 Å². The van der Waals surface area contributed by atoms with Crippen LogP contribution in [0.1, 0.15) is 53.2 Å². The van der Waals surface area contributed by atoms with Crippen molar-refractivity contribution in [1.29, 1.82) is 0 Å². The van der Waals surface area contributed by atoms with Crippen LogP contribution in [0.25, 0.3) is 0 Å². The lowest BCUT2D eigenvalue weighted by Gasteiger charge is -2.37. The SMILES string of the molecule is Cc1cc(Cl)cc([C@H]2CNCCN2C(=O)c2ccc(NC(=O)C3CC3)cc2N2CCCC2)c1. The van der Waals surface area contributed by atoms with Gasteiger partial charge in [0.05, 0.1) is 17.3 Å². The summed E-state index contributed by atoms with van der Waals surface area (Å²) < 4.78 is 0. The lowest BCUT2D eigenvalue weighted by atomic mass is 9.99. The molecular formula is C26H31ClN4O2. The summed E-state index contributed by atoms with van der Waals surface area (Å²) in [5, 5.41) is 7.17. The number of carbonyl (C=O) groups excluding carboxylic acids is 2. The molecule has 2 aromatic rings. The number of halogens is 1. The first-order valence-corrected chi connectivity index (χ1v) is 12.4. The fraction of sp³-hybridized carbons (Fsp3) is 0.462. The number of nitrogens with zero attached hydrogens (tertiary/aromatic N) is 2. The predicted octanol–water partition coefficient (Wildman–Crippen LogP) is 4.38. The maximum absolute atomic E-state index is 13.9. The summed E-state index contributed by atoms with van der Waals surface area (Å²) in [6, 6.07) is 11.7. The molecule has 0 radical (unpaired) electrons. The van der Waals surface area contributed by atoms with Crippen LogP contribution in [0, 0.1) is 12.8 Å². The Balaban J connectivity index is 1.46. The molecule has 1 aliphatic carbocycles. The van der Waals surface area contributed by atoms with Crippen molar-refractivity contribution >= 4 is 34.8 Å². The maximum atomic E-state index is 13.9. The van der Waals surface area contributed by atoms with Crippen LogP contribution in [-0.2, 0) is 4.79 Å². The zero-order valence-electron chi connectivity index (χ0n) is 19.1. The van der Waals surface area contributed by atoms with Crippen LogP contribution in [-0.4, -0.2) is 49.4 Å². The van der Waals surface area contributed by atoms with Crippen molar-refractivity contribution in [3.05, 3.63) is 58.1 Å². The number of carbonyl (C=O) groups is 2. The molecule has 33 heavy (non-hydrogen) atoms. The minimum absolute atomic E-state index is 0.0288. The minimum Gasteiger partial charge on any atom is -0.371 e. The van der Waals surface area contributed by atoms with E-state index in [0.29, 0.717) is 23.7 Å². The minimum atomic E-state index is -0.0793. The molecule has 2 amide bonds. The Hall–Kier alpha value is -2.57. The van der Waals surface area contributed by atoms with E-state index in [4.69, 9.17) is 11.6 Å². The van der Waals surface area contributed by atoms with Gasteiger partial charge in [-0.25, -0.2) is 0 Å². The van der Waals surface area contributed by atoms with E-state index in [-0.39, 0.29) is 23.8 Å². The van der Waals surface area contributed by atoms with E-state index >= 15 is 0 Å². The van der Waals surface area contributed by atoms with Gasteiger partial charge in [-0.2, -0.15) is 0 Å². The molecule has 0 unspecified atom stereocenters. The Labute approximate surface area is 200 Å². The smallest absolute Gasteiger partial charge is 0.256 e. The van der Waals surface area contributed by atoms with Gasteiger partial charge >= 0.3 is 0 Å². The van der Waals surface area contributed by atoms with E-state index in [1.165, 1.54) is 0 Å². The van der Waals surface area contributed by atoms with E-state index < -0.39 is 0 Å². The van der Waals surface area contributed by atoms with E-state index in [1.54, 1.807) is 0 Å². The van der Waals surface area contributed by atoms with Crippen LogP contribution >= 0.6 is 11.6 Å². The van der Waals surface area contributed by atoms with E-state index in [1.807, 2.05) is 42.2 Å². The molecule has 2 N–H and O–H groups in total. The molecule has 6 nitrogen and oxygen atoms in total. The molecule has 2 heterocycles. The standard InChI is InChI=1S/C26H31ClN4O2/c1-17-12-19(14-20(27)13-17)24-16-28-8-11-31(24)26(33)22-7-6-21(29-25(32)18-4-5-18)15-23(22)30-9-2-3-10-30/h6-7,12-15,18,24,28H,2-5,8-11,16H2,1H3,(H,29,32)/t24-/m1/s1. The normalized spacial score (nSPS) is 20.7. The third kappa shape index (κ3) is 4.87. The zero-order chi connectivity index (χ0) is 22.9. The highest BCUT2D eigenvalue weighted by atomic mass is 35.5. The molecule has 1 atom stereocenters. The summed E-state index contributed by atoms with van der Waals surface area (Å²) >= 11 is 6.35. The summed E-state index contributed by atoms with van der Waals surface area (Å²) in [4.78, 5) is 30.5. The third-order valence-corrected chi connectivity index (χ3v) is 7.06. The Kier molecular flexibility index (Phi) is 6.30. The van der Waals surface area contributed by atoms with Gasteiger partial charge in [0, 0.05) is 49.4 Å². The van der Waals surface area contributed by atoms with Gasteiger partial charge in [-0.15, -0.1) is 0 Å². The lowest BCUT2D eigenvalue weighted by molar-refractivity contribution is -0.117. The number of hydrogen-bond donors (Lipinski definition) is 2. The Bertz CT molecular complexity index is 1040. The Morgan fingerprint density at radius 3 is 2.58 bits per heavy atom. The topological polar surface area (TPSA) is 64.7 Å². The third-order valence-electron chi connectivity index (χ3n) is 6.84. The summed E-state index contributed by atoms with van der Waals surface area (Å²) in [6.07, 6.45) is 4.16. The van der Waals surface area contributed by atoms with Crippen LogP contribution in [0.4, 0.5) is 11.4 Å². The highest BCUT2D eigenvalue weighted by Crippen LogP contribution is 2.34. The summed E-state index contributed by atoms with van der Waals surface area (Å²) in [6.45, 7) is 5.97. The monoisotopic (exact) mass is 466 g/mol. The average molecular weight is 467 g/mol.